The van der Waals surface area contributed by atoms with Crippen LogP contribution in [0, 0.1) is 11.3 Å². The molecule has 0 N–H and O–H groups in total. The van der Waals surface area contributed by atoms with E-state index in [1.807, 2.05) is 0 Å². The van der Waals surface area contributed by atoms with Crippen molar-refractivity contribution < 1.29 is 21.9 Å². The highest BCUT2D eigenvalue weighted by molar-refractivity contribution is 8.17. The molecule has 0 heterocycles. The van der Waals surface area contributed by atoms with Crippen molar-refractivity contribution >= 4 is 19.7 Å². The van der Waals surface area contributed by atoms with Crippen LogP contribution in [0.4, 0.5) is 8.78 Å². The van der Waals surface area contributed by atoms with Gasteiger partial charge in [-0.2, -0.15) is 14.0 Å². The van der Waals surface area contributed by atoms with Gasteiger partial charge < -0.3 is 4.74 Å². The molecule has 4 nitrogen and oxygen atoms in total. The van der Waals surface area contributed by atoms with Crippen LogP contribution in [0.1, 0.15) is 26.7 Å². The molecule has 0 aliphatic carbocycles. The number of halogens is 3. The third-order valence-corrected chi connectivity index (χ3v) is 3.41. The Bertz CT molecular complexity index is 560. The Morgan fingerprint density at radius 3 is 2.45 bits per heavy atom. The zero-order chi connectivity index (χ0) is 15.8. The molecule has 0 fully saturated rings. The molecule has 0 aromatic rings. The van der Waals surface area contributed by atoms with Crippen LogP contribution >= 0.6 is 10.7 Å². The lowest BCUT2D eigenvalue weighted by molar-refractivity contribution is -0.0927. The van der Waals surface area contributed by atoms with Crippen molar-refractivity contribution in [3.63, 3.8) is 0 Å². The van der Waals surface area contributed by atoms with Crippen LogP contribution in [-0.4, -0.2) is 15.0 Å². The van der Waals surface area contributed by atoms with E-state index < -0.39 is 26.3 Å². The second-order valence-corrected chi connectivity index (χ2v) is 6.07. The summed E-state index contributed by atoms with van der Waals surface area (Å²) in [5.74, 6) is -0.563. The molecule has 0 rings (SSSR count). The van der Waals surface area contributed by atoms with Crippen LogP contribution in [0.2, 0.25) is 0 Å². The van der Waals surface area contributed by atoms with Crippen molar-refractivity contribution in [3.05, 3.63) is 34.5 Å². The van der Waals surface area contributed by atoms with Crippen molar-refractivity contribution in [2.24, 2.45) is 0 Å². The van der Waals surface area contributed by atoms with E-state index in [0.29, 0.717) is 12.8 Å². The van der Waals surface area contributed by atoms with E-state index in [2.05, 4.69) is 4.74 Å². The molecule has 0 saturated heterocycles. The minimum absolute atomic E-state index is 0.0375. The smallest absolute Gasteiger partial charge is 0.387 e. The summed E-state index contributed by atoms with van der Waals surface area (Å²) >= 11 is 0. The number of unbranched alkanes of at least 4 members (excludes halogenated alkanes) is 1. The van der Waals surface area contributed by atoms with Crippen LogP contribution in [0.3, 0.4) is 0 Å². The third kappa shape index (κ3) is 6.68. The van der Waals surface area contributed by atoms with Gasteiger partial charge in [0.1, 0.15) is 10.7 Å². The van der Waals surface area contributed by atoms with Gasteiger partial charge in [0, 0.05) is 16.3 Å². The number of hydrogen-bond donors (Lipinski definition) is 0. The molecule has 0 bridgehead atoms. The number of ether oxygens (including phenoxy) is 1. The normalized spacial score (nSPS) is 14.3. The van der Waals surface area contributed by atoms with E-state index in [-0.39, 0.29) is 5.57 Å². The van der Waals surface area contributed by atoms with E-state index in [0.717, 1.165) is 6.08 Å². The maximum absolute atomic E-state index is 12.4. The highest BCUT2D eigenvalue weighted by Crippen LogP contribution is 2.26. The van der Waals surface area contributed by atoms with E-state index in [1.165, 1.54) is 19.1 Å². The molecule has 0 aliphatic heterocycles. The Hall–Kier alpha value is -1.39. The maximum Gasteiger partial charge on any atom is 0.387 e. The lowest BCUT2D eigenvalue weighted by Crippen LogP contribution is -2.07. The first-order valence-electron chi connectivity index (χ1n) is 5.64. The Kier molecular flexibility index (Phi) is 8.11. The number of allylic oxidation sites excluding steroid dienone is 4. The van der Waals surface area contributed by atoms with Crippen molar-refractivity contribution in [3.8, 4) is 6.07 Å². The van der Waals surface area contributed by atoms with Crippen LogP contribution in [-0.2, 0) is 13.8 Å². The molecule has 112 valence electrons. The fourth-order valence-electron chi connectivity index (χ4n) is 1.16. The molecule has 0 aliphatic rings. The quantitative estimate of drug-likeness (QED) is 0.309. The monoisotopic (exact) mass is 325 g/mol. The molecule has 0 spiro atoms. The van der Waals surface area contributed by atoms with Gasteiger partial charge in [0.25, 0.3) is 9.05 Å². The van der Waals surface area contributed by atoms with Crippen LogP contribution in [0.15, 0.2) is 34.5 Å². The summed E-state index contributed by atoms with van der Waals surface area (Å²) in [6.07, 6.45) is 4.33. The summed E-state index contributed by atoms with van der Waals surface area (Å²) in [4.78, 5) is -0.664. The summed E-state index contributed by atoms with van der Waals surface area (Å²) in [7, 11) is 0.875. The molecule has 0 aromatic carbocycles. The Labute approximate surface area is 121 Å². The van der Waals surface area contributed by atoms with Crippen molar-refractivity contribution in [1.29, 1.82) is 5.26 Å². The number of nitrogens with zero attached hydrogens (tertiary/aromatic N) is 1. The molecular weight excluding hydrogens is 312 g/mol. The molecule has 0 unspecified atom stereocenters. The average molecular weight is 326 g/mol. The fraction of sp³-hybridized carbons (Fsp3) is 0.417. The Morgan fingerprint density at radius 1 is 1.50 bits per heavy atom. The summed E-state index contributed by atoms with van der Waals surface area (Å²) < 4.78 is 51.9. The van der Waals surface area contributed by atoms with Crippen molar-refractivity contribution in [2.45, 2.75) is 33.3 Å². The summed E-state index contributed by atoms with van der Waals surface area (Å²) in [5.41, 5.74) is -0.0375. The fourth-order valence-corrected chi connectivity index (χ4v) is 2.16. The number of rotatable bonds is 7. The predicted molar refractivity (Wildman–Crippen MR) is 72.3 cm³/mol. The van der Waals surface area contributed by atoms with Gasteiger partial charge in [-0.1, -0.05) is 19.4 Å². The topological polar surface area (TPSA) is 67.2 Å². The predicted octanol–water partition coefficient (Wildman–Crippen LogP) is 3.83. The number of alkyl halides is 2. The molecule has 0 radical (unpaired) electrons. The minimum Gasteiger partial charge on any atom is -0.434 e. The van der Waals surface area contributed by atoms with E-state index in [1.54, 1.807) is 13.0 Å². The molecule has 20 heavy (non-hydrogen) atoms. The Morgan fingerprint density at radius 2 is 2.10 bits per heavy atom. The SMILES string of the molecule is C\C=C(C#N)/C=C(\C(=C\CCC)OC(F)F)S(=O)(=O)Cl. The first kappa shape index (κ1) is 18.6. The minimum atomic E-state index is -4.34. The number of nitriles is 1. The van der Waals surface area contributed by atoms with Crippen LogP contribution < -0.4 is 0 Å². The first-order valence-corrected chi connectivity index (χ1v) is 7.95. The molecular formula is C12H14ClF2NO3S. The first-order chi connectivity index (χ1) is 9.26. The lowest BCUT2D eigenvalue weighted by atomic mass is 10.2. The van der Waals surface area contributed by atoms with E-state index in [9.17, 15) is 17.2 Å². The van der Waals surface area contributed by atoms with E-state index >= 15 is 0 Å². The largest absolute Gasteiger partial charge is 0.434 e. The lowest BCUT2D eigenvalue weighted by Gasteiger charge is -2.11. The van der Waals surface area contributed by atoms with Gasteiger partial charge in [-0.15, -0.1) is 0 Å². The standard InChI is InChI=1S/C12H14ClF2NO3S/c1-3-5-6-10(19-12(14)15)11(20(13,17)18)7-9(4-2)8-16/h4,6-7,12H,3,5H2,1-2H3/b9-4+,10-6-,11-7+. The Balaban J connectivity index is 5.88. The van der Waals surface area contributed by atoms with Gasteiger partial charge >= 0.3 is 6.61 Å². The molecule has 0 atom stereocenters. The highest BCUT2D eigenvalue weighted by Gasteiger charge is 2.23. The molecule has 8 heteroatoms. The van der Waals surface area contributed by atoms with Gasteiger partial charge in [-0.05, 0) is 25.5 Å². The van der Waals surface area contributed by atoms with Gasteiger partial charge in [0.2, 0.25) is 0 Å². The van der Waals surface area contributed by atoms with Gasteiger partial charge in [-0.3, -0.25) is 0 Å². The third-order valence-electron chi connectivity index (χ3n) is 2.07. The zero-order valence-corrected chi connectivity index (χ0v) is 12.5. The van der Waals surface area contributed by atoms with Crippen molar-refractivity contribution in [2.75, 3.05) is 0 Å². The van der Waals surface area contributed by atoms with Crippen LogP contribution in [0.25, 0.3) is 0 Å². The number of hydrogen-bond acceptors (Lipinski definition) is 4. The average Bonchev–Trinajstić information content (AvgIpc) is 2.34. The maximum atomic E-state index is 12.4. The van der Waals surface area contributed by atoms with Gasteiger partial charge in [-0.25, -0.2) is 8.42 Å². The molecule has 0 amide bonds. The van der Waals surface area contributed by atoms with E-state index in [4.69, 9.17) is 15.9 Å². The summed E-state index contributed by atoms with van der Waals surface area (Å²) in [6, 6.07) is 1.71. The highest BCUT2D eigenvalue weighted by atomic mass is 35.7. The zero-order valence-electron chi connectivity index (χ0n) is 10.9. The second-order valence-electron chi connectivity index (χ2n) is 3.54. The summed E-state index contributed by atoms with van der Waals surface area (Å²) in [6.45, 7) is 0.0784. The van der Waals surface area contributed by atoms with Gasteiger partial charge in [0.15, 0.2) is 0 Å². The van der Waals surface area contributed by atoms with Gasteiger partial charge in [0.05, 0.1) is 6.07 Å². The summed E-state index contributed by atoms with van der Waals surface area (Å²) in [5, 5.41) is 8.77. The van der Waals surface area contributed by atoms with Crippen molar-refractivity contribution in [1.82, 2.24) is 0 Å². The molecule has 0 saturated carbocycles. The molecule has 0 aromatic heterocycles. The van der Waals surface area contributed by atoms with Crippen LogP contribution in [0.5, 0.6) is 0 Å². The second kappa shape index (κ2) is 8.72.